The summed E-state index contributed by atoms with van der Waals surface area (Å²) in [4.78, 5) is 23.7. The average molecular weight is 769 g/mol. The van der Waals surface area contributed by atoms with Gasteiger partial charge < -0.3 is 56.8 Å². The molecule has 0 aromatic carbocycles. The molecule has 14 heteroatoms. The molecule has 0 N–H and O–H groups in total. The van der Waals surface area contributed by atoms with Crippen molar-refractivity contribution in [2.75, 3.05) is 145 Å². The van der Waals surface area contributed by atoms with E-state index in [0.717, 1.165) is 38.5 Å². The van der Waals surface area contributed by atoms with E-state index >= 15 is 0 Å². The molecule has 0 aliphatic heterocycles. The van der Waals surface area contributed by atoms with Crippen LogP contribution in [-0.2, 0) is 66.4 Å². The average Bonchev–Trinajstić information content (AvgIpc) is 3.16. The Hall–Kier alpha value is -1.46. The molecule has 0 heterocycles. The Kier molecular flexibility index (Phi) is 43.7. The summed E-state index contributed by atoms with van der Waals surface area (Å²) in [6.45, 7) is 16.3. The van der Waals surface area contributed by atoms with E-state index in [0.29, 0.717) is 139 Å². The molecule has 1 unspecified atom stereocenters. The van der Waals surface area contributed by atoms with Crippen LogP contribution in [0.3, 0.4) is 0 Å². The summed E-state index contributed by atoms with van der Waals surface area (Å²) in [5.41, 5.74) is 0. The molecule has 0 saturated heterocycles. The number of hydrogen-bond acceptors (Lipinski definition) is 14. The number of carbonyl (C=O) groups excluding carboxylic acids is 2. The first-order valence-electron chi connectivity index (χ1n) is 20.2. The van der Waals surface area contributed by atoms with E-state index in [2.05, 4.69) is 13.8 Å². The van der Waals surface area contributed by atoms with Crippen LogP contribution in [-0.4, -0.2) is 157 Å². The summed E-state index contributed by atoms with van der Waals surface area (Å²) < 4.78 is 65.2. The van der Waals surface area contributed by atoms with E-state index in [1.54, 1.807) is 0 Å². The molecule has 0 spiro atoms. The SMILES string of the molecule is CCCCCCCCC(=O)OCCOCCOCCOCCOCCOCCOCCOCCOCCOCCOCCOC(=O)C(CC)CCCC. The number of carbonyl (C=O) groups is 2. The van der Waals surface area contributed by atoms with E-state index in [-0.39, 0.29) is 31.1 Å². The second-order valence-corrected chi connectivity index (χ2v) is 12.3. The second-order valence-electron chi connectivity index (χ2n) is 12.3. The fraction of sp³-hybridized carbons (Fsp3) is 0.949. The first-order chi connectivity index (χ1) is 26.2. The van der Waals surface area contributed by atoms with E-state index in [4.69, 9.17) is 56.8 Å². The molecule has 53 heavy (non-hydrogen) atoms. The largest absolute Gasteiger partial charge is 0.463 e. The van der Waals surface area contributed by atoms with Crippen LogP contribution in [0.5, 0.6) is 0 Å². The zero-order chi connectivity index (χ0) is 38.6. The topological polar surface area (TPSA) is 145 Å². The molecule has 0 bridgehead atoms. The summed E-state index contributed by atoms with van der Waals surface area (Å²) in [7, 11) is 0. The quantitative estimate of drug-likeness (QED) is 0.0591. The fourth-order valence-electron chi connectivity index (χ4n) is 4.68. The highest BCUT2D eigenvalue weighted by molar-refractivity contribution is 5.72. The summed E-state index contributed by atoms with van der Waals surface area (Å²) in [5.74, 6) is -0.276. The molecule has 0 aliphatic rings. The second kappa shape index (κ2) is 44.9. The maximum atomic E-state index is 12.0. The van der Waals surface area contributed by atoms with Crippen LogP contribution >= 0.6 is 0 Å². The lowest BCUT2D eigenvalue weighted by atomic mass is 10.00. The minimum Gasteiger partial charge on any atom is -0.463 e. The molecule has 0 radical (unpaired) electrons. The normalized spacial score (nSPS) is 12.0. The molecule has 0 rings (SSSR count). The molecule has 14 nitrogen and oxygen atoms in total. The lowest BCUT2D eigenvalue weighted by Gasteiger charge is -2.13. The van der Waals surface area contributed by atoms with Crippen molar-refractivity contribution in [3.63, 3.8) is 0 Å². The Bertz CT molecular complexity index is 745. The maximum Gasteiger partial charge on any atom is 0.308 e. The molecule has 0 aliphatic carbocycles. The van der Waals surface area contributed by atoms with Gasteiger partial charge in [-0.15, -0.1) is 0 Å². The first-order valence-corrected chi connectivity index (χ1v) is 20.2. The summed E-state index contributed by atoms with van der Waals surface area (Å²) >= 11 is 0. The van der Waals surface area contributed by atoms with Crippen LogP contribution in [0.4, 0.5) is 0 Å². The third kappa shape index (κ3) is 41.5. The van der Waals surface area contributed by atoms with Gasteiger partial charge in [0.1, 0.15) is 13.2 Å². The van der Waals surface area contributed by atoms with Gasteiger partial charge in [0.05, 0.1) is 138 Å². The first kappa shape index (κ1) is 51.5. The van der Waals surface area contributed by atoms with Crippen molar-refractivity contribution in [1.82, 2.24) is 0 Å². The summed E-state index contributed by atoms with van der Waals surface area (Å²) in [6.07, 6.45) is 11.2. The predicted octanol–water partition coefficient (Wildman–Crippen LogP) is 5.21. The Balaban J connectivity index is 3.17. The van der Waals surface area contributed by atoms with Crippen molar-refractivity contribution in [1.29, 1.82) is 0 Å². The van der Waals surface area contributed by atoms with Gasteiger partial charge in [0.25, 0.3) is 0 Å². The molecule has 0 aromatic rings. The lowest BCUT2D eigenvalue weighted by Crippen LogP contribution is -2.20. The highest BCUT2D eigenvalue weighted by Gasteiger charge is 2.17. The van der Waals surface area contributed by atoms with Gasteiger partial charge in [0.15, 0.2) is 0 Å². The Morgan fingerprint density at radius 1 is 0.358 bits per heavy atom. The van der Waals surface area contributed by atoms with Gasteiger partial charge in [0, 0.05) is 6.42 Å². The van der Waals surface area contributed by atoms with E-state index < -0.39 is 0 Å². The van der Waals surface area contributed by atoms with Gasteiger partial charge in [-0.3, -0.25) is 9.59 Å². The molecular weight excluding hydrogens is 692 g/mol. The molecule has 1 atom stereocenters. The standard InChI is InChI=1S/C39H76O14/c1-4-7-9-10-11-12-14-38(40)52-35-33-50-31-29-48-27-25-46-23-21-44-19-17-42-15-16-43-18-20-45-22-24-47-26-28-49-30-32-51-34-36-53-39(41)37(6-3)13-8-5-2/h37H,4-36H2,1-3H3. The Morgan fingerprint density at radius 3 is 1.00 bits per heavy atom. The van der Waals surface area contributed by atoms with Crippen molar-refractivity contribution in [3.05, 3.63) is 0 Å². The van der Waals surface area contributed by atoms with Crippen molar-refractivity contribution in [3.8, 4) is 0 Å². The van der Waals surface area contributed by atoms with E-state index in [1.807, 2.05) is 6.92 Å². The number of hydrogen-bond donors (Lipinski definition) is 0. The molecule has 0 amide bonds. The zero-order valence-corrected chi connectivity index (χ0v) is 33.6. The maximum absolute atomic E-state index is 12.0. The molecule has 0 saturated carbocycles. The molecule has 0 fully saturated rings. The van der Waals surface area contributed by atoms with Gasteiger partial charge >= 0.3 is 11.9 Å². The van der Waals surface area contributed by atoms with Gasteiger partial charge in [-0.2, -0.15) is 0 Å². The van der Waals surface area contributed by atoms with Crippen LogP contribution in [0, 0.1) is 5.92 Å². The van der Waals surface area contributed by atoms with Gasteiger partial charge in [-0.1, -0.05) is 65.7 Å². The highest BCUT2D eigenvalue weighted by atomic mass is 16.6. The Morgan fingerprint density at radius 2 is 0.660 bits per heavy atom. The van der Waals surface area contributed by atoms with Gasteiger partial charge in [-0.25, -0.2) is 0 Å². The van der Waals surface area contributed by atoms with Crippen molar-refractivity contribution >= 4 is 11.9 Å². The van der Waals surface area contributed by atoms with Crippen molar-refractivity contribution in [2.24, 2.45) is 5.92 Å². The predicted molar refractivity (Wildman–Crippen MR) is 201 cm³/mol. The van der Waals surface area contributed by atoms with Crippen LogP contribution < -0.4 is 0 Å². The monoisotopic (exact) mass is 769 g/mol. The van der Waals surface area contributed by atoms with Crippen molar-refractivity contribution in [2.45, 2.75) is 91.4 Å². The summed E-state index contributed by atoms with van der Waals surface area (Å²) in [6, 6.07) is 0. The minimum absolute atomic E-state index is 0.00686. The fourth-order valence-corrected chi connectivity index (χ4v) is 4.68. The van der Waals surface area contributed by atoms with Gasteiger partial charge in [0.2, 0.25) is 0 Å². The zero-order valence-electron chi connectivity index (χ0n) is 33.6. The number of unbranched alkanes of at least 4 members (excludes halogenated alkanes) is 6. The van der Waals surface area contributed by atoms with Gasteiger partial charge in [-0.05, 0) is 19.3 Å². The highest BCUT2D eigenvalue weighted by Crippen LogP contribution is 2.14. The smallest absolute Gasteiger partial charge is 0.308 e. The number of ether oxygens (including phenoxy) is 12. The van der Waals surface area contributed by atoms with Crippen LogP contribution in [0.25, 0.3) is 0 Å². The molecular formula is C39H76O14. The lowest BCUT2D eigenvalue weighted by molar-refractivity contribution is -0.150. The van der Waals surface area contributed by atoms with Crippen LogP contribution in [0.2, 0.25) is 0 Å². The molecule has 0 aromatic heterocycles. The third-order valence-electron chi connectivity index (χ3n) is 7.78. The summed E-state index contributed by atoms with van der Waals surface area (Å²) in [5, 5.41) is 0. The van der Waals surface area contributed by atoms with Crippen molar-refractivity contribution < 1.29 is 66.4 Å². The molecule has 316 valence electrons. The number of esters is 2. The minimum atomic E-state index is -0.146. The van der Waals surface area contributed by atoms with E-state index in [1.165, 1.54) is 25.7 Å². The van der Waals surface area contributed by atoms with Crippen LogP contribution in [0.15, 0.2) is 0 Å². The van der Waals surface area contributed by atoms with E-state index in [9.17, 15) is 9.59 Å². The van der Waals surface area contributed by atoms with Crippen LogP contribution in [0.1, 0.15) is 91.4 Å². The Labute approximate surface area is 320 Å². The third-order valence-corrected chi connectivity index (χ3v) is 7.78. The number of rotatable bonds is 45.